The van der Waals surface area contributed by atoms with Gasteiger partial charge in [0.25, 0.3) is 0 Å². The normalized spacial score (nSPS) is 22.7. The summed E-state index contributed by atoms with van der Waals surface area (Å²) in [5.41, 5.74) is 2.15. The molecule has 1 spiro atoms. The number of benzene rings is 1. The summed E-state index contributed by atoms with van der Waals surface area (Å²) in [6.45, 7) is 3.45. The number of nitrogens with zero attached hydrogens (tertiary/aromatic N) is 2. The molecule has 1 heterocycles. The quantitative estimate of drug-likeness (QED) is 0.360. The lowest BCUT2D eigenvalue weighted by molar-refractivity contribution is -0.168. The monoisotopic (exact) mass is 496 g/mol. The number of guanidine groups is 1. The van der Waals surface area contributed by atoms with Gasteiger partial charge in [-0.1, -0.05) is 24.6 Å². The van der Waals surface area contributed by atoms with Gasteiger partial charge in [-0.15, -0.1) is 24.0 Å². The molecule has 2 aromatic rings. The molecule has 2 atom stereocenters. The van der Waals surface area contributed by atoms with Gasteiger partial charge in [0.1, 0.15) is 6.26 Å². The maximum Gasteiger partial charge on any atom is 0.226 e. The smallest absolute Gasteiger partial charge is 0.226 e. The molecule has 2 aliphatic rings. The van der Waals surface area contributed by atoms with Crippen LogP contribution in [0.25, 0.3) is 11.5 Å². The molecule has 2 unspecified atom stereocenters. The Morgan fingerprint density at radius 2 is 2.11 bits per heavy atom. The summed E-state index contributed by atoms with van der Waals surface area (Å²) < 4.78 is 11.5. The SMILES string of the molecule is CCOC1CC(NC(=NC)NCc2coc(-c3ccccc3)n2)C12CCC2.I. The van der Waals surface area contributed by atoms with Gasteiger partial charge in [-0.2, -0.15) is 0 Å². The van der Waals surface area contributed by atoms with Crippen LogP contribution in [0.1, 0.15) is 38.3 Å². The van der Waals surface area contributed by atoms with Crippen LogP contribution in [0.4, 0.5) is 0 Å². The first-order chi connectivity index (χ1) is 13.2. The van der Waals surface area contributed by atoms with Gasteiger partial charge in [-0.05, 0) is 38.3 Å². The van der Waals surface area contributed by atoms with E-state index >= 15 is 0 Å². The van der Waals surface area contributed by atoms with E-state index in [-0.39, 0.29) is 24.0 Å². The lowest BCUT2D eigenvalue weighted by atomic mass is 9.51. The van der Waals surface area contributed by atoms with Gasteiger partial charge in [-0.3, -0.25) is 4.99 Å². The molecule has 2 fully saturated rings. The van der Waals surface area contributed by atoms with Crippen molar-refractivity contribution >= 4 is 29.9 Å². The molecule has 2 aliphatic carbocycles. The molecular formula is C21H29IN4O2. The first kappa shape index (κ1) is 21.1. The van der Waals surface area contributed by atoms with Crippen LogP contribution in [-0.2, 0) is 11.3 Å². The van der Waals surface area contributed by atoms with Crippen molar-refractivity contribution in [3.63, 3.8) is 0 Å². The van der Waals surface area contributed by atoms with Crippen LogP contribution in [0.15, 0.2) is 46.0 Å². The van der Waals surface area contributed by atoms with Gasteiger partial charge in [0, 0.05) is 30.7 Å². The number of ether oxygens (including phenoxy) is 1. The predicted molar refractivity (Wildman–Crippen MR) is 121 cm³/mol. The average Bonchev–Trinajstić information content (AvgIpc) is 3.12. The molecule has 0 aliphatic heterocycles. The Bertz CT molecular complexity index is 789. The summed E-state index contributed by atoms with van der Waals surface area (Å²) >= 11 is 0. The van der Waals surface area contributed by atoms with Crippen molar-refractivity contribution in [1.82, 2.24) is 15.6 Å². The minimum Gasteiger partial charge on any atom is -0.444 e. The molecule has 2 saturated carbocycles. The molecule has 6 nitrogen and oxygen atoms in total. The zero-order chi connectivity index (χ0) is 18.7. The van der Waals surface area contributed by atoms with E-state index in [0.29, 0.717) is 30.0 Å². The molecule has 0 bridgehead atoms. The second-order valence-corrected chi connectivity index (χ2v) is 7.40. The Kier molecular flexibility index (Phi) is 6.98. The number of aliphatic imine (C=N–C) groups is 1. The topological polar surface area (TPSA) is 71.7 Å². The largest absolute Gasteiger partial charge is 0.444 e. The summed E-state index contributed by atoms with van der Waals surface area (Å²) in [4.78, 5) is 8.94. The number of halogens is 1. The minimum atomic E-state index is 0. The van der Waals surface area contributed by atoms with E-state index in [1.165, 1.54) is 19.3 Å². The maximum atomic E-state index is 5.93. The van der Waals surface area contributed by atoms with Gasteiger partial charge < -0.3 is 19.8 Å². The van der Waals surface area contributed by atoms with Crippen LogP contribution >= 0.6 is 24.0 Å². The summed E-state index contributed by atoms with van der Waals surface area (Å²) in [5, 5.41) is 6.95. The van der Waals surface area contributed by atoms with Gasteiger partial charge >= 0.3 is 0 Å². The molecule has 0 saturated heterocycles. The number of oxazole rings is 1. The molecular weight excluding hydrogens is 467 g/mol. The third-order valence-electron chi connectivity index (χ3n) is 5.98. The zero-order valence-corrected chi connectivity index (χ0v) is 18.8. The van der Waals surface area contributed by atoms with Crippen LogP contribution in [0.5, 0.6) is 0 Å². The summed E-state index contributed by atoms with van der Waals surface area (Å²) in [7, 11) is 1.81. The van der Waals surface area contributed by atoms with Crippen LogP contribution in [0.3, 0.4) is 0 Å². The second kappa shape index (κ2) is 9.26. The number of nitrogens with one attached hydrogen (secondary N) is 2. The fourth-order valence-corrected chi connectivity index (χ4v) is 4.28. The van der Waals surface area contributed by atoms with E-state index in [9.17, 15) is 0 Å². The Labute approximate surface area is 183 Å². The van der Waals surface area contributed by atoms with Crippen molar-refractivity contribution in [3.8, 4) is 11.5 Å². The van der Waals surface area contributed by atoms with Gasteiger partial charge in [-0.25, -0.2) is 4.98 Å². The molecule has 152 valence electrons. The van der Waals surface area contributed by atoms with Crippen LogP contribution in [0, 0.1) is 5.41 Å². The number of hydrogen-bond acceptors (Lipinski definition) is 4. The Morgan fingerprint density at radius 1 is 1.32 bits per heavy atom. The lowest BCUT2D eigenvalue weighted by Crippen LogP contribution is -2.68. The Morgan fingerprint density at radius 3 is 2.75 bits per heavy atom. The first-order valence-electron chi connectivity index (χ1n) is 9.84. The fraction of sp³-hybridized carbons (Fsp3) is 0.524. The second-order valence-electron chi connectivity index (χ2n) is 7.40. The molecule has 1 aromatic carbocycles. The highest BCUT2D eigenvalue weighted by atomic mass is 127. The molecule has 4 rings (SSSR count). The third-order valence-corrected chi connectivity index (χ3v) is 5.98. The van der Waals surface area contributed by atoms with E-state index in [2.05, 4.69) is 27.5 Å². The van der Waals surface area contributed by atoms with Gasteiger partial charge in [0.05, 0.1) is 18.3 Å². The molecule has 28 heavy (non-hydrogen) atoms. The van der Waals surface area contributed by atoms with Crippen LogP contribution < -0.4 is 10.6 Å². The first-order valence-corrected chi connectivity index (χ1v) is 9.84. The summed E-state index contributed by atoms with van der Waals surface area (Å²) in [6.07, 6.45) is 6.94. The zero-order valence-electron chi connectivity index (χ0n) is 16.5. The summed E-state index contributed by atoms with van der Waals surface area (Å²) in [5.74, 6) is 1.45. The number of aromatic nitrogens is 1. The van der Waals surface area contributed by atoms with Crippen molar-refractivity contribution < 1.29 is 9.15 Å². The van der Waals surface area contributed by atoms with Crippen molar-refractivity contribution in [2.24, 2.45) is 10.4 Å². The van der Waals surface area contributed by atoms with E-state index in [1.807, 2.05) is 30.3 Å². The van der Waals surface area contributed by atoms with Crippen molar-refractivity contribution in [2.75, 3.05) is 13.7 Å². The highest BCUT2D eigenvalue weighted by molar-refractivity contribution is 14.0. The molecule has 1 aromatic heterocycles. The van der Waals surface area contributed by atoms with Crippen molar-refractivity contribution in [3.05, 3.63) is 42.3 Å². The maximum absolute atomic E-state index is 5.93. The third kappa shape index (κ3) is 4.05. The average molecular weight is 496 g/mol. The highest BCUT2D eigenvalue weighted by Crippen LogP contribution is 2.57. The van der Waals surface area contributed by atoms with Crippen LogP contribution in [-0.4, -0.2) is 36.7 Å². The highest BCUT2D eigenvalue weighted by Gasteiger charge is 2.59. The standard InChI is InChI=1S/C21H28N4O2.HI/c1-3-26-18-12-17(21(18)10-7-11-21)25-20(22-2)23-13-16-14-27-19(24-16)15-8-5-4-6-9-15;/h4-6,8-9,14,17-18H,3,7,10-13H2,1-2H3,(H2,22,23,25);1H. The summed E-state index contributed by atoms with van der Waals surface area (Å²) in [6, 6.07) is 10.4. The Hall–Kier alpha value is -1.61. The molecule has 0 radical (unpaired) electrons. The van der Waals surface area contributed by atoms with E-state index in [4.69, 9.17) is 9.15 Å². The Balaban J connectivity index is 0.00000225. The molecule has 0 amide bonds. The number of hydrogen-bond donors (Lipinski definition) is 2. The van der Waals surface area contributed by atoms with Crippen molar-refractivity contribution in [1.29, 1.82) is 0 Å². The minimum absolute atomic E-state index is 0. The van der Waals surface area contributed by atoms with Crippen molar-refractivity contribution in [2.45, 2.75) is 51.3 Å². The molecule has 7 heteroatoms. The van der Waals surface area contributed by atoms with Gasteiger partial charge in [0.15, 0.2) is 5.96 Å². The lowest BCUT2D eigenvalue weighted by Gasteiger charge is -2.61. The number of rotatable bonds is 6. The fourth-order valence-electron chi connectivity index (χ4n) is 4.28. The van der Waals surface area contributed by atoms with Gasteiger partial charge in [0.2, 0.25) is 5.89 Å². The predicted octanol–water partition coefficient (Wildman–Crippen LogP) is 3.97. The van der Waals surface area contributed by atoms with E-state index in [0.717, 1.165) is 30.2 Å². The van der Waals surface area contributed by atoms with E-state index < -0.39 is 0 Å². The van der Waals surface area contributed by atoms with Crippen LogP contribution in [0.2, 0.25) is 0 Å². The molecule has 2 N–H and O–H groups in total. The van der Waals surface area contributed by atoms with E-state index in [1.54, 1.807) is 13.3 Å².